The molecule has 18 heavy (non-hydrogen) atoms. The summed E-state index contributed by atoms with van der Waals surface area (Å²) in [6, 6.07) is 4.01. The molecule has 0 bridgehead atoms. The predicted molar refractivity (Wildman–Crippen MR) is 74.0 cm³/mol. The van der Waals surface area contributed by atoms with Crippen LogP contribution in [0, 0.1) is 0 Å². The fourth-order valence-corrected chi connectivity index (χ4v) is 2.29. The monoisotopic (exact) mass is 264 g/mol. The summed E-state index contributed by atoms with van der Waals surface area (Å²) in [6.45, 7) is 2.05. The van der Waals surface area contributed by atoms with Crippen molar-refractivity contribution < 1.29 is 4.21 Å². The molecule has 5 nitrogen and oxygen atoms in total. The molecule has 0 radical (unpaired) electrons. The fourth-order valence-electron chi connectivity index (χ4n) is 1.60. The summed E-state index contributed by atoms with van der Waals surface area (Å²) in [5.41, 5.74) is 1.42. The van der Waals surface area contributed by atoms with Crippen LogP contribution in [0.1, 0.15) is 13.3 Å². The maximum Gasteiger partial charge on any atom is 0.180 e. The van der Waals surface area contributed by atoms with Gasteiger partial charge in [0, 0.05) is 41.2 Å². The number of anilines is 1. The zero-order valence-corrected chi connectivity index (χ0v) is 11.3. The number of rotatable bonds is 5. The van der Waals surface area contributed by atoms with E-state index in [0.29, 0.717) is 11.4 Å². The van der Waals surface area contributed by atoms with Crippen LogP contribution in [0.2, 0.25) is 0 Å². The number of aromatic nitrogens is 3. The number of nitrogens with zero attached hydrogens (tertiary/aromatic N) is 3. The van der Waals surface area contributed by atoms with Crippen molar-refractivity contribution in [2.24, 2.45) is 0 Å². The van der Waals surface area contributed by atoms with Crippen LogP contribution in [0.25, 0.3) is 11.2 Å². The smallest absolute Gasteiger partial charge is 0.180 e. The number of pyridine rings is 1. The molecule has 0 spiro atoms. The quantitative estimate of drug-likeness (QED) is 0.888. The Balaban J connectivity index is 2.05. The van der Waals surface area contributed by atoms with Crippen LogP contribution in [0.15, 0.2) is 24.5 Å². The molecule has 0 fully saturated rings. The van der Waals surface area contributed by atoms with Gasteiger partial charge in [0.2, 0.25) is 0 Å². The van der Waals surface area contributed by atoms with Gasteiger partial charge in [0.15, 0.2) is 5.65 Å². The van der Waals surface area contributed by atoms with E-state index in [0.717, 1.165) is 17.8 Å². The molecule has 0 saturated carbocycles. The second-order valence-corrected chi connectivity index (χ2v) is 5.76. The third-order valence-electron chi connectivity index (χ3n) is 2.56. The minimum Gasteiger partial charge on any atom is -0.368 e. The summed E-state index contributed by atoms with van der Waals surface area (Å²) >= 11 is 0. The van der Waals surface area contributed by atoms with Crippen molar-refractivity contribution in [3.63, 3.8) is 0 Å². The van der Waals surface area contributed by atoms with Crippen LogP contribution in [0.3, 0.4) is 0 Å². The van der Waals surface area contributed by atoms with Crippen molar-refractivity contribution in [3.05, 3.63) is 24.5 Å². The zero-order chi connectivity index (χ0) is 13.0. The van der Waals surface area contributed by atoms with Crippen molar-refractivity contribution in [1.29, 1.82) is 0 Å². The first-order valence-corrected chi connectivity index (χ1v) is 7.52. The molecule has 96 valence electrons. The van der Waals surface area contributed by atoms with Gasteiger partial charge in [-0.05, 0) is 25.5 Å². The van der Waals surface area contributed by atoms with Gasteiger partial charge in [-0.3, -0.25) is 9.19 Å². The van der Waals surface area contributed by atoms with E-state index in [-0.39, 0.29) is 6.04 Å². The summed E-state index contributed by atoms with van der Waals surface area (Å²) in [5, 5.41) is 3.28. The Bertz CT molecular complexity index is 561. The van der Waals surface area contributed by atoms with Gasteiger partial charge in [-0.25, -0.2) is 9.97 Å². The largest absolute Gasteiger partial charge is 0.368 e. The van der Waals surface area contributed by atoms with Gasteiger partial charge in [-0.15, -0.1) is 0 Å². The van der Waals surface area contributed by atoms with E-state index >= 15 is 0 Å². The molecule has 2 heterocycles. The lowest BCUT2D eigenvalue weighted by atomic mass is 10.2. The standard InChI is InChI=1S/C12H16N4OS/c1-9(5-8-18(2)17)15-11-4-3-10-12(16-11)14-7-6-13-10/h3-4,6-7,9H,5,8H2,1-2H3,(H,14,15,16). The lowest BCUT2D eigenvalue weighted by Crippen LogP contribution is -2.18. The SMILES string of the molecule is CC(CCS(C)=O)Nc1ccc2nccnc2n1. The zero-order valence-electron chi connectivity index (χ0n) is 10.5. The van der Waals surface area contributed by atoms with E-state index in [2.05, 4.69) is 27.2 Å². The van der Waals surface area contributed by atoms with Gasteiger partial charge in [0.05, 0.1) is 0 Å². The minimum absolute atomic E-state index is 0.232. The van der Waals surface area contributed by atoms with E-state index in [9.17, 15) is 4.21 Å². The number of nitrogens with one attached hydrogen (secondary N) is 1. The Morgan fingerprint density at radius 3 is 2.89 bits per heavy atom. The number of hydrogen-bond acceptors (Lipinski definition) is 5. The molecule has 0 aliphatic heterocycles. The van der Waals surface area contributed by atoms with E-state index in [1.54, 1.807) is 18.6 Å². The molecule has 2 unspecified atom stereocenters. The molecule has 2 atom stereocenters. The van der Waals surface area contributed by atoms with Crippen molar-refractivity contribution >= 4 is 27.8 Å². The topological polar surface area (TPSA) is 67.8 Å². The highest BCUT2D eigenvalue weighted by molar-refractivity contribution is 7.84. The van der Waals surface area contributed by atoms with Crippen molar-refractivity contribution in [2.75, 3.05) is 17.3 Å². The normalized spacial score (nSPS) is 14.3. The fraction of sp³-hybridized carbons (Fsp3) is 0.417. The lowest BCUT2D eigenvalue weighted by Gasteiger charge is -2.13. The summed E-state index contributed by atoms with van der Waals surface area (Å²) < 4.78 is 11.0. The van der Waals surface area contributed by atoms with E-state index in [4.69, 9.17) is 0 Å². The molecule has 1 N–H and O–H groups in total. The summed E-state index contributed by atoms with van der Waals surface area (Å²) in [7, 11) is -0.749. The van der Waals surface area contributed by atoms with Crippen LogP contribution in [0.4, 0.5) is 5.82 Å². The van der Waals surface area contributed by atoms with Crippen molar-refractivity contribution in [1.82, 2.24) is 15.0 Å². The molecule has 0 amide bonds. The van der Waals surface area contributed by atoms with Crippen LogP contribution in [0.5, 0.6) is 0 Å². The Morgan fingerprint density at radius 2 is 2.11 bits per heavy atom. The first-order valence-electron chi connectivity index (χ1n) is 5.79. The van der Waals surface area contributed by atoms with E-state index in [1.807, 2.05) is 12.1 Å². The molecule has 2 aromatic rings. The molecular weight excluding hydrogens is 248 g/mol. The first kappa shape index (κ1) is 12.9. The maximum atomic E-state index is 11.0. The van der Waals surface area contributed by atoms with Crippen LogP contribution in [-0.4, -0.2) is 37.2 Å². The predicted octanol–water partition coefficient (Wildman–Crippen LogP) is 1.59. The van der Waals surface area contributed by atoms with E-state index in [1.165, 1.54) is 0 Å². The summed E-state index contributed by atoms with van der Waals surface area (Å²) in [4.78, 5) is 12.7. The molecule has 0 aliphatic rings. The lowest BCUT2D eigenvalue weighted by molar-refractivity contribution is 0.678. The third kappa shape index (κ3) is 3.46. The van der Waals surface area contributed by atoms with E-state index < -0.39 is 10.8 Å². The highest BCUT2D eigenvalue weighted by Crippen LogP contribution is 2.11. The minimum atomic E-state index is -0.749. The molecule has 2 aromatic heterocycles. The van der Waals surface area contributed by atoms with Crippen LogP contribution >= 0.6 is 0 Å². The second kappa shape index (κ2) is 5.86. The molecular formula is C12H16N4OS. The Labute approximate surface area is 109 Å². The van der Waals surface area contributed by atoms with Gasteiger partial charge in [0.25, 0.3) is 0 Å². The first-order chi connectivity index (χ1) is 8.65. The van der Waals surface area contributed by atoms with Gasteiger partial charge in [-0.2, -0.15) is 0 Å². The third-order valence-corrected chi connectivity index (χ3v) is 3.37. The Kier molecular flexibility index (Phi) is 4.19. The molecule has 6 heteroatoms. The summed E-state index contributed by atoms with van der Waals surface area (Å²) in [5.74, 6) is 1.47. The average Bonchev–Trinajstić information content (AvgIpc) is 2.36. The maximum absolute atomic E-state index is 11.0. The average molecular weight is 264 g/mol. The van der Waals surface area contributed by atoms with Crippen LogP contribution < -0.4 is 5.32 Å². The van der Waals surface area contributed by atoms with Crippen molar-refractivity contribution in [3.8, 4) is 0 Å². The molecule has 0 aromatic carbocycles. The summed E-state index contributed by atoms with van der Waals surface area (Å²) in [6.07, 6.45) is 5.85. The highest BCUT2D eigenvalue weighted by atomic mass is 32.2. The molecule has 0 aliphatic carbocycles. The molecule has 2 rings (SSSR count). The van der Waals surface area contributed by atoms with Crippen molar-refractivity contribution in [2.45, 2.75) is 19.4 Å². The molecule has 0 saturated heterocycles. The Morgan fingerprint density at radius 1 is 1.33 bits per heavy atom. The second-order valence-electron chi connectivity index (χ2n) is 4.21. The van der Waals surface area contributed by atoms with Gasteiger partial charge < -0.3 is 5.32 Å². The number of hydrogen-bond donors (Lipinski definition) is 1. The Hall–Kier alpha value is -1.56. The highest BCUT2D eigenvalue weighted by Gasteiger charge is 2.05. The van der Waals surface area contributed by atoms with Gasteiger partial charge >= 0.3 is 0 Å². The van der Waals surface area contributed by atoms with Gasteiger partial charge in [-0.1, -0.05) is 0 Å². The van der Waals surface area contributed by atoms with Gasteiger partial charge in [0.1, 0.15) is 11.3 Å². The number of fused-ring (bicyclic) bond motifs is 1. The van der Waals surface area contributed by atoms with Crippen LogP contribution in [-0.2, 0) is 10.8 Å².